The number of hydrogen-bond donors (Lipinski definition) is 0. The van der Waals surface area contributed by atoms with Gasteiger partial charge in [0, 0.05) is 12.1 Å². The summed E-state index contributed by atoms with van der Waals surface area (Å²) in [5, 5.41) is 0. The highest BCUT2D eigenvalue weighted by Gasteiger charge is 2.41. The molecule has 0 atom stereocenters. The van der Waals surface area contributed by atoms with Crippen LogP contribution in [0.25, 0.3) is 17.1 Å². The average molecular weight is 487 g/mol. The summed E-state index contributed by atoms with van der Waals surface area (Å²) in [7, 11) is 1.65. The Morgan fingerprint density at radius 2 is 1.77 bits per heavy atom. The summed E-state index contributed by atoms with van der Waals surface area (Å²) in [4.78, 5) is 5.07. The number of hydrogen-bond acceptors (Lipinski definition) is 3. The van der Waals surface area contributed by atoms with Gasteiger partial charge in [0.2, 0.25) is 0 Å². The molecule has 0 amide bonds. The van der Waals surface area contributed by atoms with E-state index in [1.165, 1.54) is 6.07 Å². The van der Waals surface area contributed by atoms with Gasteiger partial charge in [-0.15, -0.1) is 0 Å². The van der Waals surface area contributed by atoms with Crippen molar-refractivity contribution >= 4 is 15.9 Å². The van der Waals surface area contributed by atoms with Crippen LogP contribution in [0.1, 0.15) is 52.1 Å². The van der Waals surface area contributed by atoms with E-state index in [0.717, 1.165) is 35.7 Å². The number of aromatic nitrogens is 2. The third kappa shape index (κ3) is 4.55. The molecular weight excluding hydrogens is 459 g/mol. The van der Waals surface area contributed by atoms with Crippen LogP contribution in [0.5, 0.6) is 5.75 Å². The standard InChI is InChI=1S/C25H28BrFN2O2/c1-24(2)13-16(14-25(3,4)31-24)21-15-29(17-10-11-19(26)20(27)12-17)23(28-21)18-8-6-7-9-22(18)30-5/h6-12,15-16H,13-14H2,1-5H3. The zero-order valence-corrected chi connectivity index (χ0v) is 20.2. The summed E-state index contributed by atoms with van der Waals surface area (Å²) in [6, 6.07) is 12.9. The molecule has 3 aromatic rings. The number of ether oxygens (including phenoxy) is 2. The maximum Gasteiger partial charge on any atom is 0.148 e. The number of rotatable bonds is 4. The molecule has 4 rings (SSSR count). The molecule has 1 aliphatic heterocycles. The quantitative estimate of drug-likeness (QED) is 0.402. The topological polar surface area (TPSA) is 36.3 Å². The van der Waals surface area contributed by atoms with Crippen molar-refractivity contribution in [1.29, 1.82) is 0 Å². The van der Waals surface area contributed by atoms with Crippen molar-refractivity contribution in [3.05, 3.63) is 64.6 Å². The minimum Gasteiger partial charge on any atom is -0.496 e. The van der Waals surface area contributed by atoms with E-state index in [-0.39, 0.29) is 22.9 Å². The van der Waals surface area contributed by atoms with Gasteiger partial charge in [-0.3, -0.25) is 4.57 Å². The van der Waals surface area contributed by atoms with Gasteiger partial charge in [0.15, 0.2) is 0 Å². The highest BCUT2D eigenvalue weighted by atomic mass is 79.9. The molecule has 31 heavy (non-hydrogen) atoms. The van der Waals surface area contributed by atoms with Gasteiger partial charge in [0.1, 0.15) is 17.4 Å². The third-order valence-corrected chi connectivity index (χ3v) is 6.34. The number of benzene rings is 2. The molecule has 1 aliphatic rings. The largest absolute Gasteiger partial charge is 0.496 e. The molecule has 0 spiro atoms. The van der Waals surface area contributed by atoms with Crippen LogP contribution in [0.2, 0.25) is 0 Å². The van der Waals surface area contributed by atoms with Gasteiger partial charge in [-0.1, -0.05) is 12.1 Å². The predicted molar refractivity (Wildman–Crippen MR) is 124 cm³/mol. The molecule has 0 aliphatic carbocycles. The van der Waals surface area contributed by atoms with Crippen LogP contribution >= 0.6 is 15.9 Å². The van der Waals surface area contributed by atoms with Gasteiger partial charge in [0.25, 0.3) is 0 Å². The van der Waals surface area contributed by atoms with Gasteiger partial charge in [-0.05, 0) is 86.8 Å². The molecule has 2 aromatic carbocycles. The molecule has 0 saturated carbocycles. The van der Waals surface area contributed by atoms with E-state index >= 15 is 0 Å². The summed E-state index contributed by atoms with van der Waals surface area (Å²) in [6.45, 7) is 8.51. The number of nitrogens with zero attached hydrogens (tertiary/aromatic N) is 2. The second kappa shape index (κ2) is 8.06. The maximum absolute atomic E-state index is 14.4. The molecule has 0 unspecified atom stereocenters. The Hall–Kier alpha value is -2.18. The first-order chi connectivity index (χ1) is 14.6. The number of methoxy groups -OCH3 is 1. The van der Waals surface area contributed by atoms with Crippen LogP contribution in [0.15, 0.2) is 53.1 Å². The van der Waals surface area contributed by atoms with E-state index in [2.05, 4.69) is 43.6 Å². The maximum atomic E-state index is 14.4. The summed E-state index contributed by atoms with van der Waals surface area (Å²) < 4.78 is 28.7. The molecule has 1 aromatic heterocycles. The summed E-state index contributed by atoms with van der Waals surface area (Å²) in [5.41, 5.74) is 2.07. The van der Waals surface area contributed by atoms with Gasteiger partial charge in [-0.25, -0.2) is 9.37 Å². The van der Waals surface area contributed by atoms with Crippen molar-refractivity contribution in [3.63, 3.8) is 0 Å². The predicted octanol–water partition coefficient (Wildman–Crippen LogP) is 6.90. The van der Waals surface area contributed by atoms with E-state index in [1.54, 1.807) is 13.2 Å². The monoisotopic (exact) mass is 486 g/mol. The van der Waals surface area contributed by atoms with Crippen molar-refractivity contribution in [2.45, 2.75) is 57.7 Å². The van der Waals surface area contributed by atoms with Gasteiger partial charge >= 0.3 is 0 Å². The fraction of sp³-hybridized carbons (Fsp3) is 0.400. The number of imidazole rings is 1. The van der Waals surface area contributed by atoms with Crippen LogP contribution in [-0.2, 0) is 4.74 Å². The Morgan fingerprint density at radius 3 is 2.42 bits per heavy atom. The first-order valence-electron chi connectivity index (χ1n) is 10.5. The fourth-order valence-electron chi connectivity index (χ4n) is 4.75. The average Bonchev–Trinajstić information content (AvgIpc) is 3.13. The Labute approximate surface area is 191 Å². The molecule has 4 nitrogen and oxygen atoms in total. The van der Waals surface area contributed by atoms with Crippen molar-refractivity contribution < 1.29 is 13.9 Å². The fourth-order valence-corrected chi connectivity index (χ4v) is 4.99. The van der Waals surface area contributed by atoms with Crippen LogP contribution in [0, 0.1) is 5.82 Å². The van der Waals surface area contributed by atoms with Crippen LogP contribution < -0.4 is 4.74 Å². The summed E-state index contributed by atoms with van der Waals surface area (Å²) in [5.74, 6) is 1.38. The molecule has 1 fully saturated rings. The minimum atomic E-state index is -0.313. The molecule has 6 heteroatoms. The smallest absolute Gasteiger partial charge is 0.148 e. The Balaban J connectivity index is 1.87. The van der Waals surface area contributed by atoms with E-state index in [0.29, 0.717) is 10.2 Å². The highest BCUT2D eigenvalue weighted by Crippen LogP contribution is 2.44. The lowest BCUT2D eigenvalue weighted by molar-refractivity contribution is -0.162. The first-order valence-corrected chi connectivity index (χ1v) is 11.3. The van der Waals surface area contributed by atoms with E-state index < -0.39 is 0 Å². The summed E-state index contributed by atoms with van der Waals surface area (Å²) >= 11 is 3.25. The molecule has 0 radical (unpaired) electrons. The van der Waals surface area contributed by atoms with Crippen molar-refractivity contribution in [2.24, 2.45) is 0 Å². The minimum absolute atomic E-state index is 0.230. The lowest BCUT2D eigenvalue weighted by Gasteiger charge is -2.45. The van der Waals surface area contributed by atoms with Crippen LogP contribution in [0.3, 0.4) is 0 Å². The summed E-state index contributed by atoms with van der Waals surface area (Å²) in [6.07, 6.45) is 3.77. The first kappa shape index (κ1) is 22.0. The Bertz CT molecular complexity index is 1090. The van der Waals surface area contributed by atoms with Crippen LogP contribution in [-0.4, -0.2) is 27.9 Å². The number of para-hydroxylation sites is 1. The normalized spacial score (nSPS) is 18.2. The van der Waals surface area contributed by atoms with Gasteiger partial charge in [-0.2, -0.15) is 0 Å². The molecule has 2 heterocycles. The number of halogens is 2. The van der Waals surface area contributed by atoms with E-state index in [9.17, 15) is 4.39 Å². The van der Waals surface area contributed by atoms with E-state index in [1.807, 2.05) is 41.1 Å². The van der Waals surface area contributed by atoms with Crippen LogP contribution in [0.4, 0.5) is 4.39 Å². The molecular formula is C25H28BrFN2O2. The molecule has 0 N–H and O–H groups in total. The SMILES string of the molecule is COc1ccccc1-c1nc(C2CC(C)(C)OC(C)(C)C2)cn1-c1ccc(Br)c(F)c1. The van der Waals surface area contributed by atoms with Gasteiger partial charge in [0.05, 0.1) is 39.7 Å². The highest BCUT2D eigenvalue weighted by molar-refractivity contribution is 9.10. The Kier molecular flexibility index (Phi) is 5.73. The molecule has 1 saturated heterocycles. The second-order valence-corrected chi connectivity index (χ2v) is 10.2. The lowest BCUT2D eigenvalue weighted by Crippen LogP contribution is -2.44. The zero-order chi connectivity index (χ0) is 22.4. The zero-order valence-electron chi connectivity index (χ0n) is 18.6. The molecule has 0 bridgehead atoms. The second-order valence-electron chi connectivity index (χ2n) is 9.38. The van der Waals surface area contributed by atoms with Crippen molar-refractivity contribution in [2.75, 3.05) is 7.11 Å². The molecule has 164 valence electrons. The van der Waals surface area contributed by atoms with E-state index in [4.69, 9.17) is 14.5 Å². The van der Waals surface area contributed by atoms with Crippen molar-refractivity contribution in [1.82, 2.24) is 9.55 Å². The third-order valence-electron chi connectivity index (χ3n) is 5.70. The Morgan fingerprint density at radius 1 is 1.10 bits per heavy atom. The van der Waals surface area contributed by atoms with Gasteiger partial charge < -0.3 is 9.47 Å². The lowest BCUT2D eigenvalue weighted by atomic mass is 9.79. The van der Waals surface area contributed by atoms with Crippen molar-refractivity contribution in [3.8, 4) is 22.8 Å².